The first-order valence-electron chi connectivity index (χ1n) is 11.8. The monoisotopic (exact) mass is 452 g/mol. The lowest BCUT2D eigenvalue weighted by molar-refractivity contribution is -0.138. The Bertz CT molecular complexity index is 959. The second-order valence-electron chi connectivity index (χ2n) is 8.70. The molecule has 0 spiro atoms. The zero-order valence-electron chi connectivity index (χ0n) is 19.2. The van der Waals surface area contributed by atoms with E-state index in [1.165, 1.54) is 6.26 Å². The van der Waals surface area contributed by atoms with Crippen molar-refractivity contribution in [1.82, 2.24) is 14.7 Å². The molecule has 1 N–H and O–H groups in total. The molecule has 8 heteroatoms. The Balaban J connectivity index is 1.20. The van der Waals surface area contributed by atoms with Gasteiger partial charge in [-0.3, -0.25) is 19.3 Å². The van der Waals surface area contributed by atoms with Crippen LogP contribution in [0.1, 0.15) is 35.9 Å². The van der Waals surface area contributed by atoms with Gasteiger partial charge in [-0.05, 0) is 43.0 Å². The normalized spacial score (nSPS) is 17.7. The summed E-state index contributed by atoms with van der Waals surface area (Å²) in [5, 5.41) is 3.02. The van der Waals surface area contributed by atoms with E-state index in [1.54, 1.807) is 17.0 Å². The van der Waals surface area contributed by atoms with Crippen molar-refractivity contribution in [3.05, 3.63) is 54.0 Å². The number of nitrogens with one attached hydrogen (secondary N) is 1. The molecule has 1 aromatic heterocycles. The van der Waals surface area contributed by atoms with Crippen molar-refractivity contribution in [2.75, 3.05) is 51.1 Å². The van der Waals surface area contributed by atoms with Crippen molar-refractivity contribution in [2.45, 2.75) is 26.2 Å². The number of rotatable bonds is 6. The summed E-state index contributed by atoms with van der Waals surface area (Å²) in [5.74, 6) is 0.328. The maximum absolute atomic E-state index is 13.0. The number of anilines is 1. The van der Waals surface area contributed by atoms with Gasteiger partial charge in [-0.1, -0.05) is 25.1 Å². The molecule has 3 heterocycles. The number of piperidine rings is 1. The third-order valence-electron chi connectivity index (χ3n) is 6.59. The lowest BCUT2D eigenvalue weighted by Crippen LogP contribution is -2.53. The van der Waals surface area contributed by atoms with Crippen LogP contribution < -0.4 is 5.32 Å². The van der Waals surface area contributed by atoms with Gasteiger partial charge < -0.3 is 19.5 Å². The fraction of sp³-hybridized carbons (Fsp3) is 0.480. The molecule has 176 valence electrons. The summed E-state index contributed by atoms with van der Waals surface area (Å²) < 4.78 is 5.20. The number of aryl methyl sites for hydroxylation is 1. The van der Waals surface area contributed by atoms with Gasteiger partial charge in [-0.2, -0.15) is 0 Å². The van der Waals surface area contributed by atoms with Crippen LogP contribution in [0.3, 0.4) is 0 Å². The van der Waals surface area contributed by atoms with Crippen LogP contribution in [0.2, 0.25) is 0 Å². The predicted octanol–water partition coefficient (Wildman–Crippen LogP) is 2.48. The summed E-state index contributed by atoms with van der Waals surface area (Å²) in [7, 11) is 0. The Morgan fingerprint density at radius 2 is 1.67 bits per heavy atom. The number of likely N-dealkylation sites (tertiary alicyclic amines) is 1. The molecule has 1 aromatic carbocycles. The number of hydrogen-bond donors (Lipinski definition) is 1. The standard InChI is InChI=1S/C25H32N4O4/c1-2-19-6-3-4-7-21(19)26-23(30)18-27-13-15-29(16-14-27)24(31)20-9-11-28(12-10-20)25(32)22-8-5-17-33-22/h3-8,17,20H,2,9-16,18H2,1H3,(H,26,30). The average molecular weight is 453 g/mol. The molecule has 0 bridgehead atoms. The summed E-state index contributed by atoms with van der Waals surface area (Å²) in [4.78, 5) is 43.7. The predicted molar refractivity (Wildman–Crippen MR) is 125 cm³/mol. The molecule has 0 atom stereocenters. The number of carbonyl (C=O) groups is 3. The third-order valence-corrected chi connectivity index (χ3v) is 6.59. The summed E-state index contributed by atoms with van der Waals surface area (Å²) in [5.41, 5.74) is 1.99. The van der Waals surface area contributed by atoms with Crippen LogP contribution in [-0.2, 0) is 16.0 Å². The van der Waals surface area contributed by atoms with Crippen LogP contribution in [0.25, 0.3) is 0 Å². The van der Waals surface area contributed by atoms with Crippen molar-refractivity contribution in [3.63, 3.8) is 0 Å². The van der Waals surface area contributed by atoms with Crippen molar-refractivity contribution >= 4 is 23.4 Å². The van der Waals surface area contributed by atoms with E-state index in [4.69, 9.17) is 4.42 Å². The van der Waals surface area contributed by atoms with Crippen molar-refractivity contribution in [3.8, 4) is 0 Å². The zero-order chi connectivity index (χ0) is 23.2. The van der Waals surface area contributed by atoms with Gasteiger partial charge in [0.25, 0.3) is 5.91 Å². The molecular weight excluding hydrogens is 420 g/mol. The number of para-hydroxylation sites is 1. The molecule has 2 saturated heterocycles. The molecule has 4 rings (SSSR count). The first-order valence-corrected chi connectivity index (χ1v) is 11.8. The van der Waals surface area contributed by atoms with Gasteiger partial charge in [0.05, 0.1) is 12.8 Å². The summed E-state index contributed by atoms with van der Waals surface area (Å²) in [6.45, 7) is 6.15. The van der Waals surface area contributed by atoms with Crippen LogP contribution in [0.4, 0.5) is 5.69 Å². The highest BCUT2D eigenvalue weighted by Gasteiger charge is 2.32. The molecule has 2 fully saturated rings. The highest BCUT2D eigenvalue weighted by molar-refractivity contribution is 5.93. The number of nitrogens with zero attached hydrogens (tertiary/aromatic N) is 3. The quantitative estimate of drug-likeness (QED) is 0.728. The van der Waals surface area contributed by atoms with E-state index in [9.17, 15) is 14.4 Å². The number of carbonyl (C=O) groups excluding carboxylic acids is 3. The van der Waals surface area contributed by atoms with Gasteiger partial charge in [0.15, 0.2) is 5.76 Å². The van der Waals surface area contributed by atoms with Crippen LogP contribution in [0, 0.1) is 5.92 Å². The molecule has 2 aliphatic heterocycles. The molecule has 3 amide bonds. The Morgan fingerprint density at radius 1 is 0.939 bits per heavy atom. The maximum Gasteiger partial charge on any atom is 0.289 e. The van der Waals surface area contributed by atoms with Gasteiger partial charge >= 0.3 is 0 Å². The van der Waals surface area contributed by atoms with E-state index >= 15 is 0 Å². The lowest BCUT2D eigenvalue weighted by atomic mass is 9.94. The molecule has 0 aliphatic carbocycles. The number of benzene rings is 1. The first-order chi connectivity index (χ1) is 16.0. The van der Waals surface area contributed by atoms with E-state index in [2.05, 4.69) is 17.1 Å². The topological polar surface area (TPSA) is 86.1 Å². The molecule has 33 heavy (non-hydrogen) atoms. The molecule has 2 aromatic rings. The van der Waals surface area contributed by atoms with Crippen molar-refractivity contribution in [1.29, 1.82) is 0 Å². The van der Waals surface area contributed by atoms with E-state index in [-0.39, 0.29) is 23.6 Å². The number of hydrogen-bond acceptors (Lipinski definition) is 5. The third kappa shape index (κ3) is 5.63. The summed E-state index contributed by atoms with van der Waals surface area (Å²) in [6, 6.07) is 11.2. The van der Waals surface area contributed by atoms with Crippen LogP contribution >= 0.6 is 0 Å². The molecule has 8 nitrogen and oxygen atoms in total. The van der Waals surface area contributed by atoms with Crippen molar-refractivity contribution in [2.24, 2.45) is 5.92 Å². The minimum absolute atomic E-state index is 0.0238. The van der Waals surface area contributed by atoms with Crippen LogP contribution in [-0.4, -0.2) is 78.2 Å². The second kappa shape index (κ2) is 10.7. The highest BCUT2D eigenvalue weighted by atomic mass is 16.3. The smallest absolute Gasteiger partial charge is 0.289 e. The van der Waals surface area contributed by atoms with Gasteiger partial charge in [0.2, 0.25) is 11.8 Å². The van der Waals surface area contributed by atoms with E-state index < -0.39 is 0 Å². The zero-order valence-corrected chi connectivity index (χ0v) is 19.2. The highest BCUT2D eigenvalue weighted by Crippen LogP contribution is 2.22. The van der Waals surface area contributed by atoms with Crippen molar-refractivity contribution < 1.29 is 18.8 Å². The van der Waals surface area contributed by atoms with E-state index in [0.717, 1.165) is 17.7 Å². The largest absolute Gasteiger partial charge is 0.459 e. The van der Waals surface area contributed by atoms with Gasteiger partial charge in [-0.15, -0.1) is 0 Å². The second-order valence-corrected chi connectivity index (χ2v) is 8.70. The fourth-order valence-electron chi connectivity index (χ4n) is 4.61. The number of piperazine rings is 1. The Morgan fingerprint density at radius 3 is 2.33 bits per heavy atom. The maximum atomic E-state index is 13.0. The SMILES string of the molecule is CCc1ccccc1NC(=O)CN1CCN(C(=O)C2CCN(C(=O)c3ccco3)CC2)CC1. The van der Waals surface area contributed by atoms with Crippen LogP contribution in [0.15, 0.2) is 47.1 Å². The molecular formula is C25H32N4O4. The molecule has 0 unspecified atom stereocenters. The molecule has 0 radical (unpaired) electrons. The molecule has 2 aliphatic rings. The van der Waals surface area contributed by atoms with E-state index in [0.29, 0.717) is 64.4 Å². The average Bonchev–Trinajstić information content (AvgIpc) is 3.39. The first kappa shape index (κ1) is 23.0. The Labute approximate surface area is 194 Å². The lowest BCUT2D eigenvalue weighted by Gasteiger charge is -2.38. The number of amides is 3. The van der Waals surface area contributed by atoms with Crippen LogP contribution in [0.5, 0.6) is 0 Å². The Hall–Kier alpha value is -3.13. The van der Waals surface area contributed by atoms with Gasteiger partial charge in [0, 0.05) is 50.9 Å². The van der Waals surface area contributed by atoms with E-state index in [1.807, 2.05) is 29.2 Å². The number of furan rings is 1. The fourth-order valence-corrected chi connectivity index (χ4v) is 4.61. The van der Waals surface area contributed by atoms with Gasteiger partial charge in [0.1, 0.15) is 0 Å². The summed E-state index contributed by atoms with van der Waals surface area (Å²) in [6.07, 6.45) is 3.71. The minimum atomic E-state index is -0.112. The summed E-state index contributed by atoms with van der Waals surface area (Å²) >= 11 is 0. The minimum Gasteiger partial charge on any atom is -0.459 e. The van der Waals surface area contributed by atoms with Gasteiger partial charge in [-0.25, -0.2) is 0 Å². The Kier molecular flexibility index (Phi) is 7.44. The molecule has 0 saturated carbocycles.